The quantitative estimate of drug-likeness (QED) is 0.441. The molecule has 1 aliphatic carbocycles. The summed E-state index contributed by atoms with van der Waals surface area (Å²) in [5.74, 6) is -0.398. The minimum absolute atomic E-state index is 0.183. The van der Waals surface area contributed by atoms with E-state index in [-0.39, 0.29) is 35.0 Å². The number of para-hydroxylation sites is 1. The van der Waals surface area contributed by atoms with E-state index in [9.17, 15) is 19.7 Å². The molecule has 156 valence electrons. The van der Waals surface area contributed by atoms with Gasteiger partial charge in [-0.15, -0.1) is 0 Å². The second-order valence-electron chi connectivity index (χ2n) is 7.63. The lowest BCUT2D eigenvalue weighted by Crippen LogP contribution is -2.30. The van der Waals surface area contributed by atoms with Gasteiger partial charge in [-0.05, 0) is 31.0 Å². The highest BCUT2D eigenvalue weighted by Crippen LogP contribution is 2.41. The smallest absolute Gasteiger partial charge is 0.294 e. The summed E-state index contributed by atoms with van der Waals surface area (Å²) in [7, 11) is 1.57. The fraction of sp³-hybridized carbons (Fsp3) is 0.364. The molecule has 0 bridgehead atoms. The van der Waals surface area contributed by atoms with Crippen LogP contribution in [-0.2, 0) is 16.1 Å². The molecule has 2 aliphatic rings. The van der Waals surface area contributed by atoms with Crippen LogP contribution in [0.4, 0.5) is 17.1 Å². The van der Waals surface area contributed by atoms with E-state index < -0.39 is 4.92 Å². The Kier molecular flexibility index (Phi) is 5.39. The highest BCUT2D eigenvalue weighted by molar-refractivity contribution is 6.22. The van der Waals surface area contributed by atoms with E-state index in [4.69, 9.17) is 4.74 Å². The largest absolute Gasteiger partial charge is 0.496 e. The summed E-state index contributed by atoms with van der Waals surface area (Å²) in [6.45, 7) is 0.329. The average Bonchev–Trinajstić information content (AvgIpc) is 3.02. The number of nitro groups is 1. The maximum absolute atomic E-state index is 12.8. The predicted molar refractivity (Wildman–Crippen MR) is 111 cm³/mol. The summed E-state index contributed by atoms with van der Waals surface area (Å²) in [5, 5.41) is 14.8. The number of imide groups is 1. The first kappa shape index (κ1) is 19.9. The van der Waals surface area contributed by atoms with Gasteiger partial charge in [0.15, 0.2) is 0 Å². The van der Waals surface area contributed by atoms with E-state index in [1.54, 1.807) is 19.2 Å². The van der Waals surface area contributed by atoms with Gasteiger partial charge >= 0.3 is 0 Å². The van der Waals surface area contributed by atoms with Crippen LogP contribution in [0, 0.1) is 22.0 Å². The first-order valence-electron chi connectivity index (χ1n) is 10.0. The number of carbonyl (C=O) groups excluding carboxylic acids is 2. The Morgan fingerprint density at radius 2 is 1.77 bits per heavy atom. The molecule has 1 saturated carbocycles. The molecule has 2 aromatic rings. The van der Waals surface area contributed by atoms with Gasteiger partial charge < -0.3 is 10.1 Å². The highest BCUT2D eigenvalue weighted by atomic mass is 16.6. The molecule has 1 aliphatic heterocycles. The maximum atomic E-state index is 12.8. The lowest BCUT2D eigenvalue weighted by Gasteiger charge is -2.19. The van der Waals surface area contributed by atoms with Crippen molar-refractivity contribution >= 4 is 28.9 Å². The third-order valence-corrected chi connectivity index (χ3v) is 5.94. The van der Waals surface area contributed by atoms with Gasteiger partial charge in [-0.1, -0.05) is 31.0 Å². The molecule has 1 saturated heterocycles. The standard InChI is InChI=1S/C22H23N3O5/c1-30-20-9-5-2-6-14(20)13-23-18-11-10-15(12-19(18)25(28)29)24-21(26)16-7-3-4-8-17(16)22(24)27/h2,5-6,9-12,16-17,23H,3-4,7-8,13H2,1H3. The van der Waals surface area contributed by atoms with Crippen LogP contribution < -0.4 is 15.0 Å². The van der Waals surface area contributed by atoms with E-state index in [1.807, 2.05) is 24.3 Å². The van der Waals surface area contributed by atoms with Crippen LogP contribution in [0.25, 0.3) is 0 Å². The maximum Gasteiger partial charge on any atom is 0.294 e. The van der Waals surface area contributed by atoms with Crippen molar-refractivity contribution in [1.82, 2.24) is 0 Å². The molecule has 2 fully saturated rings. The number of methoxy groups -OCH3 is 1. The second-order valence-corrected chi connectivity index (χ2v) is 7.63. The van der Waals surface area contributed by atoms with Crippen molar-refractivity contribution < 1.29 is 19.2 Å². The van der Waals surface area contributed by atoms with Crippen LogP contribution in [0.2, 0.25) is 0 Å². The molecule has 2 aromatic carbocycles. The molecule has 0 spiro atoms. The third kappa shape index (κ3) is 3.49. The molecular formula is C22H23N3O5. The van der Waals surface area contributed by atoms with Crippen molar-refractivity contribution in [3.05, 3.63) is 58.1 Å². The van der Waals surface area contributed by atoms with E-state index >= 15 is 0 Å². The first-order chi connectivity index (χ1) is 14.5. The monoisotopic (exact) mass is 409 g/mol. The van der Waals surface area contributed by atoms with Gasteiger partial charge in [-0.2, -0.15) is 0 Å². The van der Waals surface area contributed by atoms with Gasteiger partial charge in [-0.25, -0.2) is 4.90 Å². The van der Waals surface area contributed by atoms with Crippen LogP contribution in [0.15, 0.2) is 42.5 Å². The first-order valence-corrected chi connectivity index (χ1v) is 10.0. The van der Waals surface area contributed by atoms with Crippen LogP contribution in [0.5, 0.6) is 5.75 Å². The Labute approximate surface area is 174 Å². The van der Waals surface area contributed by atoms with E-state index in [2.05, 4.69) is 5.32 Å². The molecule has 30 heavy (non-hydrogen) atoms. The SMILES string of the molecule is COc1ccccc1CNc1ccc(N2C(=O)C3CCCCC3C2=O)cc1[N+](=O)[O-]. The van der Waals surface area contributed by atoms with Crippen molar-refractivity contribution in [2.45, 2.75) is 32.2 Å². The number of hydrogen-bond donors (Lipinski definition) is 1. The van der Waals surface area contributed by atoms with Crippen molar-refractivity contribution in [2.75, 3.05) is 17.3 Å². The van der Waals surface area contributed by atoms with Gasteiger partial charge in [0.2, 0.25) is 11.8 Å². The van der Waals surface area contributed by atoms with Crippen LogP contribution in [-0.4, -0.2) is 23.8 Å². The van der Waals surface area contributed by atoms with Crippen molar-refractivity contribution in [3.63, 3.8) is 0 Å². The molecule has 8 nitrogen and oxygen atoms in total. The van der Waals surface area contributed by atoms with Crippen LogP contribution in [0.1, 0.15) is 31.2 Å². The number of nitro benzene ring substituents is 1. The number of benzene rings is 2. The Morgan fingerprint density at radius 3 is 2.40 bits per heavy atom. The Bertz CT molecular complexity index is 982. The van der Waals surface area contributed by atoms with Crippen molar-refractivity contribution in [1.29, 1.82) is 0 Å². The Morgan fingerprint density at radius 1 is 1.10 bits per heavy atom. The zero-order valence-corrected chi connectivity index (χ0v) is 16.7. The number of hydrogen-bond acceptors (Lipinski definition) is 6. The highest BCUT2D eigenvalue weighted by Gasteiger charge is 2.49. The zero-order valence-electron chi connectivity index (χ0n) is 16.7. The van der Waals surface area contributed by atoms with Crippen LogP contribution in [0.3, 0.4) is 0 Å². The number of fused-ring (bicyclic) bond motifs is 1. The van der Waals surface area contributed by atoms with Gasteiger partial charge in [0.25, 0.3) is 5.69 Å². The molecule has 2 atom stereocenters. The predicted octanol–water partition coefficient (Wildman–Crippen LogP) is 3.90. The van der Waals surface area contributed by atoms with Gasteiger partial charge in [0.05, 0.1) is 29.6 Å². The summed E-state index contributed by atoms with van der Waals surface area (Å²) >= 11 is 0. The number of ether oxygens (including phenoxy) is 1. The summed E-state index contributed by atoms with van der Waals surface area (Å²) < 4.78 is 5.31. The average molecular weight is 409 g/mol. The molecule has 2 unspecified atom stereocenters. The summed E-state index contributed by atoms with van der Waals surface area (Å²) in [6.07, 6.45) is 3.26. The van der Waals surface area contributed by atoms with E-state index in [0.717, 1.165) is 23.3 Å². The molecule has 2 amide bonds. The second kappa shape index (κ2) is 8.14. The topological polar surface area (TPSA) is 102 Å². The fourth-order valence-electron chi connectivity index (χ4n) is 4.42. The molecule has 1 N–H and O–H groups in total. The molecular weight excluding hydrogens is 386 g/mol. The number of nitrogens with one attached hydrogen (secondary N) is 1. The summed E-state index contributed by atoms with van der Waals surface area (Å²) in [5.41, 5.74) is 1.24. The number of rotatable bonds is 6. The molecule has 8 heteroatoms. The van der Waals surface area contributed by atoms with Crippen molar-refractivity contribution in [3.8, 4) is 5.75 Å². The number of nitrogens with zero attached hydrogens (tertiary/aromatic N) is 2. The summed E-state index contributed by atoms with van der Waals surface area (Å²) in [4.78, 5) is 37.9. The fourth-order valence-corrected chi connectivity index (χ4v) is 4.42. The normalized spacial score (nSPS) is 20.8. The van der Waals surface area contributed by atoms with E-state index in [1.165, 1.54) is 6.07 Å². The number of anilines is 2. The van der Waals surface area contributed by atoms with E-state index in [0.29, 0.717) is 30.8 Å². The molecule has 0 radical (unpaired) electrons. The zero-order chi connectivity index (χ0) is 21.3. The van der Waals surface area contributed by atoms with Crippen molar-refractivity contribution in [2.24, 2.45) is 11.8 Å². The number of amides is 2. The molecule has 0 aromatic heterocycles. The lowest BCUT2D eigenvalue weighted by molar-refractivity contribution is -0.383. The van der Waals surface area contributed by atoms with Gasteiger partial charge in [0, 0.05) is 18.2 Å². The Balaban J connectivity index is 1.60. The van der Waals surface area contributed by atoms with Gasteiger partial charge in [-0.3, -0.25) is 19.7 Å². The van der Waals surface area contributed by atoms with Crippen LogP contribution >= 0.6 is 0 Å². The number of carbonyl (C=O) groups is 2. The minimum Gasteiger partial charge on any atom is -0.496 e. The minimum atomic E-state index is -0.508. The third-order valence-electron chi connectivity index (χ3n) is 5.94. The lowest BCUT2D eigenvalue weighted by atomic mass is 9.81. The molecule has 1 heterocycles. The summed E-state index contributed by atoms with van der Waals surface area (Å²) in [6, 6.07) is 11.8. The Hall–Kier alpha value is -3.42. The molecule has 4 rings (SSSR count). The van der Waals surface area contributed by atoms with Gasteiger partial charge in [0.1, 0.15) is 11.4 Å².